The van der Waals surface area contributed by atoms with E-state index in [0.29, 0.717) is 10.6 Å². The number of amides is 1. The van der Waals surface area contributed by atoms with Crippen LogP contribution in [-0.4, -0.2) is 29.4 Å². The highest BCUT2D eigenvalue weighted by molar-refractivity contribution is 9.10. The first-order chi connectivity index (χ1) is 9.00. The van der Waals surface area contributed by atoms with E-state index < -0.39 is 0 Å². The normalized spacial score (nSPS) is 21.3. The minimum absolute atomic E-state index is 0.0144. The van der Waals surface area contributed by atoms with E-state index in [4.69, 9.17) is 17.3 Å². The fourth-order valence-corrected chi connectivity index (χ4v) is 3.33. The number of likely N-dealkylation sites (tertiary alicyclic amines) is 1. The maximum atomic E-state index is 12.6. The molecule has 0 bridgehead atoms. The summed E-state index contributed by atoms with van der Waals surface area (Å²) in [4.78, 5) is 14.5. The van der Waals surface area contributed by atoms with Crippen molar-refractivity contribution in [3.63, 3.8) is 0 Å². The van der Waals surface area contributed by atoms with Gasteiger partial charge in [0.15, 0.2) is 0 Å². The summed E-state index contributed by atoms with van der Waals surface area (Å²) in [6.45, 7) is 2.72. The molecule has 5 heteroatoms. The SMILES string of the molecule is CC(N)C1CCCCN1C(=O)c1ccc(Br)cc1Cl. The highest BCUT2D eigenvalue weighted by Gasteiger charge is 2.30. The fourth-order valence-electron chi connectivity index (χ4n) is 2.57. The van der Waals surface area contributed by atoms with Gasteiger partial charge in [0.1, 0.15) is 0 Å². The summed E-state index contributed by atoms with van der Waals surface area (Å²) in [5.74, 6) is -0.0144. The topological polar surface area (TPSA) is 46.3 Å². The zero-order valence-electron chi connectivity index (χ0n) is 10.9. The number of hydrogen-bond acceptors (Lipinski definition) is 2. The average Bonchev–Trinajstić information content (AvgIpc) is 2.38. The summed E-state index contributed by atoms with van der Waals surface area (Å²) in [5.41, 5.74) is 6.55. The molecule has 2 atom stereocenters. The van der Waals surface area contributed by atoms with Gasteiger partial charge in [0.05, 0.1) is 10.6 Å². The number of carbonyl (C=O) groups excluding carboxylic acids is 1. The van der Waals surface area contributed by atoms with Crippen LogP contribution < -0.4 is 5.73 Å². The van der Waals surface area contributed by atoms with Gasteiger partial charge in [0, 0.05) is 23.1 Å². The Bertz CT molecular complexity index is 479. The lowest BCUT2D eigenvalue weighted by Gasteiger charge is -2.38. The van der Waals surface area contributed by atoms with Gasteiger partial charge in [0.25, 0.3) is 5.91 Å². The largest absolute Gasteiger partial charge is 0.334 e. The molecule has 2 unspecified atom stereocenters. The number of nitrogens with zero attached hydrogens (tertiary/aromatic N) is 1. The van der Waals surface area contributed by atoms with Crippen molar-refractivity contribution in [2.24, 2.45) is 5.73 Å². The Labute approximate surface area is 127 Å². The molecule has 1 aromatic rings. The van der Waals surface area contributed by atoms with Crippen LogP contribution in [0.4, 0.5) is 0 Å². The van der Waals surface area contributed by atoms with Crippen LogP contribution in [0.15, 0.2) is 22.7 Å². The zero-order valence-corrected chi connectivity index (χ0v) is 13.2. The van der Waals surface area contributed by atoms with Crippen molar-refractivity contribution in [1.29, 1.82) is 0 Å². The summed E-state index contributed by atoms with van der Waals surface area (Å²) >= 11 is 9.51. The van der Waals surface area contributed by atoms with Crippen LogP contribution in [0.3, 0.4) is 0 Å². The second-order valence-corrected chi connectivity index (χ2v) is 6.37. The minimum atomic E-state index is -0.0153. The summed E-state index contributed by atoms with van der Waals surface area (Å²) in [7, 11) is 0. The lowest BCUT2D eigenvalue weighted by Crippen LogP contribution is -2.51. The third kappa shape index (κ3) is 3.30. The molecule has 104 valence electrons. The van der Waals surface area contributed by atoms with Crippen LogP contribution in [-0.2, 0) is 0 Å². The van der Waals surface area contributed by atoms with E-state index >= 15 is 0 Å². The Morgan fingerprint density at radius 1 is 1.53 bits per heavy atom. The summed E-state index contributed by atoms with van der Waals surface area (Å²) in [6, 6.07) is 5.45. The molecule has 1 aliphatic heterocycles. The molecule has 1 aromatic carbocycles. The van der Waals surface area contributed by atoms with Gasteiger partial charge in [-0.25, -0.2) is 0 Å². The summed E-state index contributed by atoms with van der Waals surface area (Å²) in [5, 5.41) is 0.480. The number of halogens is 2. The number of rotatable bonds is 2. The Kier molecular flexibility index (Phi) is 4.87. The third-order valence-corrected chi connectivity index (χ3v) is 4.38. The Morgan fingerprint density at radius 3 is 2.89 bits per heavy atom. The number of piperidine rings is 1. The van der Waals surface area contributed by atoms with Crippen molar-refractivity contribution in [1.82, 2.24) is 4.90 Å². The van der Waals surface area contributed by atoms with Gasteiger partial charge in [0.2, 0.25) is 0 Å². The first kappa shape index (κ1) is 14.8. The maximum Gasteiger partial charge on any atom is 0.255 e. The monoisotopic (exact) mass is 344 g/mol. The second-order valence-electron chi connectivity index (χ2n) is 5.04. The molecule has 0 spiro atoms. The van der Waals surface area contributed by atoms with E-state index in [2.05, 4.69) is 15.9 Å². The van der Waals surface area contributed by atoms with Crippen LogP contribution >= 0.6 is 27.5 Å². The van der Waals surface area contributed by atoms with Crippen LogP contribution in [0.1, 0.15) is 36.5 Å². The smallest absolute Gasteiger partial charge is 0.255 e. The van der Waals surface area contributed by atoms with Gasteiger partial charge in [-0.3, -0.25) is 4.79 Å². The molecule has 1 fully saturated rings. The summed E-state index contributed by atoms with van der Waals surface area (Å²) in [6.07, 6.45) is 3.13. The van der Waals surface area contributed by atoms with E-state index in [1.807, 2.05) is 17.9 Å². The molecule has 0 aromatic heterocycles. The maximum absolute atomic E-state index is 12.6. The molecule has 2 rings (SSSR count). The molecule has 0 saturated carbocycles. The van der Waals surface area contributed by atoms with Crippen molar-refractivity contribution in [3.05, 3.63) is 33.3 Å². The predicted octanol–water partition coefficient (Wildman–Crippen LogP) is 3.44. The predicted molar refractivity (Wildman–Crippen MR) is 81.5 cm³/mol. The van der Waals surface area contributed by atoms with Crippen LogP contribution in [0.5, 0.6) is 0 Å². The van der Waals surface area contributed by atoms with Crippen molar-refractivity contribution in [2.75, 3.05) is 6.54 Å². The third-order valence-electron chi connectivity index (χ3n) is 3.58. The number of nitrogens with two attached hydrogens (primary N) is 1. The minimum Gasteiger partial charge on any atom is -0.334 e. The van der Waals surface area contributed by atoms with E-state index in [9.17, 15) is 4.79 Å². The van der Waals surface area contributed by atoms with E-state index in [0.717, 1.165) is 30.3 Å². The van der Waals surface area contributed by atoms with Crippen LogP contribution in [0.2, 0.25) is 5.02 Å². The molecule has 1 amide bonds. The Hall–Kier alpha value is -0.580. The van der Waals surface area contributed by atoms with E-state index in [-0.39, 0.29) is 18.0 Å². The average molecular weight is 346 g/mol. The first-order valence-electron chi connectivity index (χ1n) is 6.52. The molecule has 1 aliphatic rings. The Morgan fingerprint density at radius 2 is 2.26 bits per heavy atom. The number of hydrogen-bond donors (Lipinski definition) is 1. The fraction of sp³-hybridized carbons (Fsp3) is 0.500. The highest BCUT2D eigenvalue weighted by Crippen LogP contribution is 2.26. The quantitative estimate of drug-likeness (QED) is 0.892. The number of carbonyl (C=O) groups is 1. The highest BCUT2D eigenvalue weighted by atomic mass is 79.9. The van der Waals surface area contributed by atoms with Gasteiger partial charge in [-0.05, 0) is 44.4 Å². The molecule has 2 N–H and O–H groups in total. The molecular weight excluding hydrogens is 328 g/mol. The van der Waals surface area contributed by atoms with Crippen molar-refractivity contribution in [2.45, 2.75) is 38.3 Å². The second kappa shape index (κ2) is 6.25. The van der Waals surface area contributed by atoms with Gasteiger partial charge in [-0.1, -0.05) is 27.5 Å². The molecular formula is C14H18BrClN2O. The lowest BCUT2D eigenvalue weighted by molar-refractivity contribution is 0.0584. The van der Waals surface area contributed by atoms with Gasteiger partial charge < -0.3 is 10.6 Å². The van der Waals surface area contributed by atoms with Crippen molar-refractivity contribution >= 4 is 33.4 Å². The van der Waals surface area contributed by atoms with Crippen LogP contribution in [0, 0.1) is 0 Å². The molecule has 1 saturated heterocycles. The van der Waals surface area contributed by atoms with Crippen molar-refractivity contribution < 1.29 is 4.79 Å². The van der Waals surface area contributed by atoms with Crippen molar-refractivity contribution in [3.8, 4) is 0 Å². The zero-order chi connectivity index (χ0) is 14.0. The molecule has 0 aliphatic carbocycles. The van der Waals surface area contributed by atoms with E-state index in [1.165, 1.54) is 0 Å². The lowest BCUT2D eigenvalue weighted by atomic mass is 9.96. The molecule has 0 radical (unpaired) electrons. The van der Waals surface area contributed by atoms with Gasteiger partial charge in [-0.2, -0.15) is 0 Å². The molecule has 3 nitrogen and oxygen atoms in total. The Balaban J connectivity index is 2.26. The van der Waals surface area contributed by atoms with E-state index in [1.54, 1.807) is 12.1 Å². The molecule has 1 heterocycles. The number of benzene rings is 1. The summed E-state index contributed by atoms with van der Waals surface area (Å²) < 4.78 is 0.872. The first-order valence-corrected chi connectivity index (χ1v) is 7.69. The standard InChI is InChI=1S/C14H18BrClN2O/c1-9(17)13-4-2-3-7-18(13)14(19)11-6-5-10(15)8-12(11)16/h5-6,8-9,13H,2-4,7,17H2,1H3. The van der Waals surface area contributed by atoms with Gasteiger partial charge >= 0.3 is 0 Å². The van der Waals surface area contributed by atoms with Crippen LogP contribution in [0.25, 0.3) is 0 Å². The van der Waals surface area contributed by atoms with Gasteiger partial charge in [-0.15, -0.1) is 0 Å². The molecule has 19 heavy (non-hydrogen) atoms.